The van der Waals surface area contributed by atoms with Gasteiger partial charge in [-0.1, -0.05) is 13.8 Å². The van der Waals surface area contributed by atoms with E-state index in [1.165, 1.54) is 4.68 Å². The predicted octanol–water partition coefficient (Wildman–Crippen LogP) is 1.98. The number of halogens is 1. The van der Waals surface area contributed by atoms with Crippen LogP contribution in [0.25, 0.3) is 0 Å². The summed E-state index contributed by atoms with van der Waals surface area (Å²) in [5, 5.41) is 7.29. The molecule has 0 spiro atoms. The SMILES string of the molecule is CC(C)C(N)CNc1cnn(C(C)C)c(=O)c1Br. The quantitative estimate of drug-likeness (QED) is 0.871. The highest BCUT2D eigenvalue weighted by Gasteiger charge is 2.12. The predicted molar refractivity (Wildman–Crippen MR) is 77.9 cm³/mol. The summed E-state index contributed by atoms with van der Waals surface area (Å²) in [6.45, 7) is 8.58. The molecule has 5 nitrogen and oxygen atoms in total. The standard InChI is InChI=1S/C12H21BrN4O/c1-7(2)9(14)5-15-10-6-16-17(8(3)4)12(18)11(10)13/h6-9,15H,5,14H2,1-4H3. The molecule has 1 atom stereocenters. The van der Waals surface area contributed by atoms with Crippen LogP contribution in [0.15, 0.2) is 15.5 Å². The van der Waals surface area contributed by atoms with Gasteiger partial charge in [0.2, 0.25) is 0 Å². The third-order valence-electron chi connectivity index (χ3n) is 2.82. The van der Waals surface area contributed by atoms with Gasteiger partial charge in [0, 0.05) is 12.6 Å². The summed E-state index contributed by atoms with van der Waals surface area (Å²) >= 11 is 3.31. The maximum Gasteiger partial charge on any atom is 0.283 e. The average Bonchev–Trinajstić information content (AvgIpc) is 2.30. The molecule has 1 aromatic heterocycles. The fraction of sp³-hybridized carbons (Fsp3) is 0.667. The van der Waals surface area contributed by atoms with Crippen LogP contribution in [-0.2, 0) is 0 Å². The van der Waals surface area contributed by atoms with Gasteiger partial charge in [0.25, 0.3) is 5.56 Å². The molecule has 0 radical (unpaired) electrons. The van der Waals surface area contributed by atoms with E-state index in [9.17, 15) is 4.79 Å². The normalized spacial score (nSPS) is 13.1. The van der Waals surface area contributed by atoms with Crippen molar-refractivity contribution >= 4 is 21.6 Å². The van der Waals surface area contributed by atoms with Gasteiger partial charge in [-0.2, -0.15) is 5.10 Å². The van der Waals surface area contributed by atoms with Crippen molar-refractivity contribution in [2.45, 2.75) is 39.8 Å². The Morgan fingerprint density at radius 1 is 1.44 bits per heavy atom. The minimum Gasteiger partial charge on any atom is -0.381 e. The molecule has 0 aliphatic heterocycles. The summed E-state index contributed by atoms with van der Waals surface area (Å²) in [6.07, 6.45) is 1.65. The van der Waals surface area contributed by atoms with Gasteiger partial charge in [-0.3, -0.25) is 4.79 Å². The van der Waals surface area contributed by atoms with Crippen molar-refractivity contribution in [3.8, 4) is 0 Å². The number of hydrogen-bond acceptors (Lipinski definition) is 4. The van der Waals surface area contributed by atoms with Gasteiger partial charge in [-0.25, -0.2) is 4.68 Å². The van der Waals surface area contributed by atoms with Crippen molar-refractivity contribution in [3.63, 3.8) is 0 Å². The molecule has 1 heterocycles. The molecule has 0 fully saturated rings. The number of anilines is 1. The lowest BCUT2D eigenvalue weighted by molar-refractivity contribution is 0.498. The van der Waals surface area contributed by atoms with Crippen molar-refractivity contribution < 1.29 is 0 Å². The monoisotopic (exact) mass is 316 g/mol. The summed E-state index contributed by atoms with van der Waals surface area (Å²) in [5.74, 6) is 0.389. The van der Waals surface area contributed by atoms with Crippen molar-refractivity contribution in [2.24, 2.45) is 11.7 Å². The van der Waals surface area contributed by atoms with Crippen LogP contribution in [0.4, 0.5) is 5.69 Å². The van der Waals surface area contributed by atoms with E-state index in [4.69, 9.17) is 5.73 Å². The van der Waals surface area contributed by atoms with Crippen LogP contribution in [0, 0.1) is 5.92 Å². The molecule has 18 heavy (non-hydrogen) atoms. The largest absolute Gasteiger partial charge is 0.381 e. The van der Waals surface area contributed by atoms with Gasteiger partial charge in [0.1, 0.15) is 4.47 Å². The Morgan fingerprint density at radius 2 is 2.06 bits per heavy atom. The van der Waals surface area contributed by atoms with E-state index in [-0.39, 0.29) is 17.6 Å². The molecule has 3 N–H and O–H groups in total. The van der Waals surface area contributed by atoms with E-state index in [0.29, 0.717) is 22.6 Å². The molecule has 0 saturated heterocycles. The van der Waals surface area contributed by atoms with Crippen LogP contribution in [0.3, 0.4) is 0 Å². The highest BCUT2D eigenvalue weighted by molar-refractivity contribution is 9.10. The first-order valence-corrected chi connectivity index (χ1v) is 6.90. The molecule has 0 bridgehead atoms. The van der Waals surface area contributed by atoms with Crippen LogP contribution in [0.5, 0.6) is 0 Å². The summed E-state index contributed by atoms with van der Waals surface area (Å²) in [5.41, 5.74) is 6.51. The second-order valence-electron chi connectivity index (χ2n) is 5.00. The summed E-state index contributed by atoms with van der Waals surface area (Å²) < 4.78 is 1.94. The van der Waals surface area contributed by atoms with E-state index in [0.717, 1.165) is 0 Å². The Morgan fingerprint density at radius 3 is 2.56 bits per heavy atom. The first-order valence-electron chi connectivity index (χ1n) is 6.11. The fourth-order valence-corrected chi connectivity index (χ4v) is 1.82. The van der Waals surface area contributed by atoms with Crippen molar-refractivity contribution in [1.82, 2.24) is 9.78 Å². The first-order chi connectivity index (χ1) is 8.34. The molecule has 1 rings (SSSR count). The third kappa shape index (κ3) is 3.55. The topological polar surface area (TPSA) is 72.9 Å². The smallest absolute Gasteiger partial charge is 0.283 e. The highest BCUT2D eigenvalue weighted by atomic mass is 79.9. The fourth-order valence-electron chi connectivity index (χ4n) is 1.40. The molecule has 6 heteroatoms. The van der Waals surface area contributed by atoms with E-state index in [1.54, 1.807) is 6.20 Å². The number of aromatic nitrogens is 2. The minimum atomic E-state index is -0.131. The van der Waals surface area contributed by atoms with E-state index in [1.807, 2.05) is 13.8 Å². The second-order valence-corrected chi connectivity index (χ2v) is 5.80. The zero-order valence-corrected chi connectivity index (χ0v) is 12.9. The highest BCUT2D eigenvalue weighted by Crippen LogP contribution is 2.17. The number of nitrogens with one attached hydrogen (secondary N) is 1. The van der Waals surface area contributed by atoms with Crippen LogP contribution in [0.1, 0.15) is 33.7 Å². The lowest BCUT2D eigenvalue weighted by Gasteiger charge is -2.18. The molecule has 0 aliphatic carbocycles. The van der Waals surface area contributed by atoms with Gasteiger partial charge in [0.05, 0.1) is 17.9 Å². The van der Waals surface area contributed by atoms with E-state index >= 15 is 0 Å². The molecule has 0 amide bonds. The van der Waals surface area contributed by atoms with Gasteiger partial charge in [-0.15, -0.1) is 0 Å². The molecular formula is C12H21BrN4O. The Bertz CT molecular complexity index is 456. The Labute approximate surface area is 116 Å². The third-order valence-corrected chi connectivity index (χ3v) is 3.58. The Hall–Kier alpha value is -0.880. The van der Waals surface area contributed by atoms with Gasteiger partial charge in [0.15, 0.2) is 0 Å². The number of nitrogens with zero attached hydrogens (tertiary/aromatic N) is 2. The molecule has 1 unspecified atom stereocenters. The first kappa shape index (κ1) is 15.2. The summed E-state index contributed by atoms with van der Waals surface area (Å²) in [7, 11) is 0. The summed E-state index contributed by atoms with van der Waals surface area (Å²) in [4.78, 5) is 12.0. The molecule has 1 aromatic rings. The molecule has 0 aromatic carbocycles. The van der Waals surface area contributed by atoms with Gasteiger partial charge in [-0.05, 0) is 35.7 Å². The van der Waals surface area contributed by atoms with Crippen LogP contribution < -0.4 is 16.6 Å². The number of rotatable bonds is 5. The number of nitrogens with two attached hydrogens (primary N) is 1. The van der Waals surface area contributed by atoms with Crippen molar-refractivity contribution in [2.75, 3.05) is 11.9 Å². The number of hydrogen-bond donors (Lipinski definition) is 2. The lowest BCUT2D eigenvalue weighted by Crippen LogP contribution is -2.34. The van der Waals surface area contributed by atoms with Crippen molar-refractivity contribution in [1.29, 1.82) is 0 Å². The second kappa shape index (κ2) is 6.33. The van der Waals surface area contributed by atoms with Crippen LogP contribution in [-0.4, -0.2) is 22.4 Å². The average molecular weight is 317 g/mol. The minimum absolute atomic E-state index is 0.0424. The van der Waals surface area contributed by atoms with E-state index < -0.39 is 0 Å². The summed E-state index contributed by atoms with van der Waals surface area (Å²) in [6, 6.07) is 0.0881. The van der Waals surface area contributed by atoms with Crippen molar-refractivity contribution in [3.05, 3.63) is 21.0 Å². The van der Waals surface area contributed by atoms with Crippen LogP contribution in [0.2, 0.25) is 0 Å². The molecule has 102 valence electrons. The van der Waals surface area contributed by atoms with E-state index in [2.05, 4.69) is 40.2 Å². The van der Waals surface area contributed by atoms with Gasteiger partial charge >= 0.3 is 0 Å². The Kier molecular flexibility index (Phi) is 5.34. The Balaban J connectivity index is 2.86. The molecule has 0 aliphatic rings. The zero-order chi connectivity index (χ0) is 13.9. The molecule has 0 saturated carbocycles. The maximum absolute atomic E-state index is 12.0. The lowest BCUT2D eigenvalue weighted by atomic mass is 10.1. The zero-order valence-electron chi connectivity index (χ0n) is 11.3. The van der Waals surface area contributed by atoms with Crippen LogP contribution >= 0.6 is 15.9 Å². The van der Waals surface area contributed by atoms with Gasteiger partial charge < -0.3 is 11.1 Å². The molecular weight excluding hydrogens is 296 g/mol. The maximum atomic E-state index is 12.0.